The third-order valence-electron chi connectivity index (χ3n) is 4.14. The second-order valence-corrected chi connectivity index (χ2v) is 6.38. The number of alkyl halides is 1. The summed E-state index contributed by atoms with van der Waals surface area (Å²) in [6, 6.07) is 0. The second kappa shape index (κ2) is 6.53. The van der Waals surface area contributed by atoms with Crippen molar-refractivity contribution in [2.75, 3.05) is 18.5 Å². The predicted molar refractivity (Wildman–Crippen MR) is 73.7 cm³/mol. The molecule has 2 nitrogen and oxygen atoms in total. The molecule has 2 fully saturated rings. The van der Waals surface area contributed by atoms with Gasteiger partial charge >= 0.3 is 0 Å². The lowest BCUT2D eigenvalue weighted by atomic mass is 9.80. The third kappa shape index (κ3) is 3.93. The Morgan fingerprint density at radius 2 is 2.18 bits per heavy atom. The molecule has 0 bridgehead atoms. The van der Waals surface area contributed by atoms with Gasteiger partial charge in [0, 0.05) is 11.9 Å². The van der Waals surface area contributed by atoms with Crippen molar-refractivity contribution in [2.24, 2.45) is 5.92 Å². The topological polar surface area (TPSA) is 18.5 Å². The summed E-state index contributed by atoms with van der Waals surface area (Å²) in [5.41, 5.74) is 0.0818. The first kappa shape index (κ1) is 13.8. The molecule has 0 N–H and O–H groups in total. The Balaban J connectivity index is 1.81. The highest BCUT2D eigenvalue weighted by molar-refractivity contribution is 9.09. The molecule has 0 radical (unpaired) electrons. The summed E-state index contributed by atoms with van der Waals surface area (Å²) in [6.07, 6.45) is 9.10. The molecule has 0 amide bonds. The number of rotatable bonds is 4. The van der Waals surface area contributed by atoms with Crippen LogP contribution in [0.1, 0.15) is 51.9 Å². The van der Waals surface area contributed by atoms with E-state index in [1.165, 1.54) is 44.9 Å². The van der Waals surface area contributed by atoms with Crippen molar-refractivity contribution in [2.45, 2.75) is 63.6 Å². The maximum atomic E-state index is 6.26. The quantitative estimate of drug-likeness (QED) is 0.733. The number of hydrogen-bond donors (Lipinski definition) is 0. The summed E-state index contributed by atoms with van der Waals surface area (Å²) in [4.78, 5) is 0. The molecule has 3 heteroatoms. The first-order valence-corrected chi connectivity index (χ1v) is 8.18. The number of halogens is 1. The van der Waals surface area contributed by atoms with Gasteiger partial charge in [-0.15, -0.1) is 0 Å². The predicted octanol–water partition coefficient (Wildman–Crippen LogP) is 3.92. The summed E-state index contributed by atoms with van der Waals surface area (Å²) in [5.74, 6) is 0.800. The fourth-order valence-corrected chi connectivity index (χ4v) is 3.78. The lowest BCUT2D eigenvalue weighted by molar-refractivity contribution is -0.115. The Kier molecular flexibility index (Phi) is 5.31. The van der Waals surface area contributed by atoms with Crippen molar-refractivity contribution < 1.29 is 9.47 Å². The lowest BCUT2D eigenvalue weighted by Crippen LogP contribution is -2.42. The van der Waals surface area contributed by atoms with Crippen molar-refractivity contribution in [1.29, 1.82) is 0 Å². The van der Waals surface area contributed by atoms with Crippen molar-refractivity contribution in [3.8, 4) is 0 Å². The van der Waals surface area contributed by atoms with Crippen molar-refractivity contribution in [3.63, 3.8) is 0 Å². The van der Waals surface area contributed by atoms with Gasteiger partial charge in [-0.25, -0.2) is 0 Å². The van der Waals surface area contributed by atoms with Crippen LogP contribution in [0.3, 0.4) is 0 Å². The van der Waals surface area contributed by atoms with Gasteiger partial charge in [0.2, 0.25) is 0 Å². The van der Waals surface area contributed by atoms with Crippen LogP contribution in [0.15, 0.2) is 0 Å². The summed E-state index contributed by atoms with van der Waals surface area (Å²) >= 11 is 3.65. The molecule has 3 atom stereocenters. The van der Waals surface area contributed by atoms with Crippen molar-refractivity contribution >= 4 is 15.9 Å². The highest BCUT2D eigenvalue weighted by atomic mass is 79.9. The van der Waals surface area contributed by atoms with E-state index in [2.05, 4.69) is 22.9 Å². The zero-order chi connectivity index (χ0) is 12.1. The zero-order valence-corrected chi connectivity index (χ0v) is 12.5. The molecule has 3 unspecified atom stereocenters. The Labute approximate surface area is 114 Å². The highest BCUT2D eigenvalue weighted by Crippen LogP contribution is 2.36. The summed E-state index contributed by atoms with van der Waals surface area (Å²) in [5, 5.41) is 0.969. The minimum atomic E-state index is 0.0818. The van der Waals surface area contributed by atoms with E-state index in [1.54, 1.807) is 0 Å². The molecular formula is C14H25BrO2. The number of ether oxygens (including phenoxy) is 2. The van der Waals surface area contributed by atoms with Crippen molar-refractivity contribution in [1.82, 2.24) is 0 Å². The molecule has 1 aliphatic carbocycles. The first-order chi connectivity index (χ1) is 8.24. The molecule has 2 aliphatic rings. The summed E-state index contributed by atoms with van der Waals surface area (Å²) in [6.45, 7) is 4.06. The lowest BCUT2D eigenvalue weighted by Gasteiger charge is -2.40. The fourth-order valence-electron chi connectivity index (χ4n) is 3.11. The van der Waals surface area contributed by atoms with Crippen LogP contribution in [0.4, 0.5) is 0 Å². The van der Waals surface area contributed by atoms with Crippen LogP contribution in [0, 0.1) is 5.92 Å². The molecule has 2 rings (SSSR count). The van der Waals surface area contributed by atoms with Crippen LogP contribution in [0.5, 0.6) is 0 Å². The van der Waals surface area contributed by atoms with Gasteiger partial charge in [0.15, 0.2) is 0 Å². The Morgan fingerprint density at radius 3 is 2.82 bits per heavy atom. The highest BCUT2D eigenvalue weighted by Gasteiger charge is 2.35. The van der Waals surface area contributed by atoms with E-state index in [-0.39, 0.29) is 5.60 Å². The molecular weight excluding hydrogens is 280 g/mol. The summed E-state index contributed by atoms with van der Waals surface area (Å²) in [7, 11) is 0. The SMILES string of the molecule is CC1CCCC(CBr)(OCC2CCCCO2)C1. The molecule has 1 saturated carbocycles. The Morgan fingerprint density at radius 1 is 1.29 bits per heavy atom. The first-order valence-electron chi connectivity index (χ1n) is 7.06. The molecule has 100 valence electrons. The molecule has 1 aliphatic heterocycles. The monoisotopic (exact) mass is 304 g/mol. The summed E-state index contributed by atoms with van der Waals surface area (Å²) < 4.78 is 12.0. The smallest absolute Gasteiger partial charge is 0.0808 e. The van der Waals surface area contributed by atoms with Gasteiger partial charge in [0.25, 0.3) is 0 Å². The van der Waals surface area contributed by atoms with E-state index in [1.807, 2.05) is 0 Å². The van der Waals surface area contributed by atoms with Gasteiger partial charge in [-0.05, 0) is 38.0 Å². The van der Waals surface area contributed by atoms with Gasteiger partial charge in [0.05, 0.1) is 18.3 Å². The van der Waals surface area contributed by atoms with Gasteiger partial charge < -0.3 is 9.47 Å². The van der Waals surface area contributed by atoms with E-state index < -0.39 is 0 Å². The molecule has 0 aromatic carbocycles. The van der Waals surface area contributed by atoms with E-state index in [9.17, 15) is 0 Å². The average Bonchev–Trinajstić information content (AvgIpc) is 2.38. The molecule has 17 heavy (non-hydrogen) atoms. The van der Waals surface area contributed by atoms with Crippen LogP contribution in [-0.2, 0) is 9.47 Å². The van der Waals surface area contributed by atoms with Gasteiger partial charge in [-0.1, -0.05) is 35.7 Å². The van der Waals surface area contributed by atoms with E-state index in [0.717, 1.165) is 24.5 Å². The average molecular weight is 305 g/mol. The van der Waals surface area contributed by atoms with Crippen LogP contribution in [-0.4, -0.2) is 30.2 Å². The van der Waals surface area contributed by atoms with Crippen molar-refractivity contribution in [3.05, 3.63) is 0 Å². The maximum Gasteiger partial charge on any atom is 0.0808 e. The molecule has 0 aromatic rings. The zero-order valence-electron chi connectivity index (χ0n) is 10.9. The fraction of sp³-hybridized carbons (Fsp3) is 1.00. The van der Waals surface area contributed by atoms with E-state index >= 15 is 0 Å². The minimum absolute atomic E-state index is 0.0818. The van der Waals surface area contributed by atoms with E-state index in [0.29, 0.717) is 6.10 Å². The number of hydrogen-bond acceptors (Lipinski definition) is 2. The third-order valence-corrected chi connectivity index (χ3v) is 5.16. The van der Waals surface area contributed by atoms with E-state index in [4.69, 9.17) is 9.47 Å². The maximum absolute atomic E-state index is 6.26. The van der Waals surface area contributed by atoms with Gasteiger partial charge in [-0.2, -0.15) is 0 Å². The van der Waals surface area contributed by atoms with Crippen LogP contribution >= 0.6 is 15.9 Å². The van der Waals surface area contributed by atoms with Crippen LogP contribution < -0.4 is 0 Å². The standard InChI is InChI=1S/C14H25BrO2/c1-12-5-4-7-14(9-12,11-15)17-10-13-6-2-3-8-16-13/h12-13H,2-11H2,1H3. The largest absolute Gasteiger partial charge is 0.376 e. The molecule has 0 spiro atoms. The molecule has 1 heterocycles. The normalized spacial score (nSPS) is 39.2. The Hall–Kier alpha value is 0.400. The van der Waals surface area contributed by atoms with Gasteiger partial charge in [0.1, 0.15) is 0 Å². The van der Waals surface area contributed by atoms with Gasteiger partial charge in [-0.3, -0.25) is 0 Å². The Bertz CT molecular complexity index is 228. The molecule has 1 saturated heterocycles. The molecule has 0 aromatic heterocycles. The minimum Gasteiger partial charge on any atom is -0.376 e. The van der Waals surface area contributed by atoms with Crippen LogP contribution in [0.25, 0.3) is 0 Å². The van der Waals surface area contributed by atoms with Crippen LogP contribution in [0.2, 0.25) is 0 Å². The second-order valence-electron chi connectivity index (χ2n) is 5.82.